The predicted molar refractivity (Wildman–Crippen MR) is 68.9 cm³/mol. The fourth-order valence-corrected chi connectivity index (χ4v) is 3.00. The van der Waals surface area contributed by atoms with Gasteiger partial charge in [-0.3, -0.25) is 0 Å². The first kappa shape index (κ1) is 13.2. The quantitative estimate of drug-likeness (QED) is 0.895. The average molecular weight is 289 g/mol. The van der Waals surface area contributed by atoms with Crippen LogP contribution in [0.25, 0.3) is 0 Å². The molecule has 0 spiro atoms. The number of urea groups is 1. The Bertz CT molecular complexity index is 463. The molecular formula is C11H13ClN2O3S. The predicted octanol–water partition coefficient (Wildman–Crippen LogP) is 2.16. The molecule has 1 aromatic rings. The number of thiophene rings is 1. The van der Waals surface area contributed by atoms with E-state index in [9.17, 15) is 9.59 Å². The molecule has 1 aliphatic heterocycles. The van der Waals surface area contributed by atoms with Crippen molar-refractivity contribution in [3.8, 4) is 0 Å². The van der Waals surface area contributed by atoms with Gasteiger partial charge in [0.05, 0.1) is 10.9 Å². The SMILES string of the molecule is O=C(O)[C@@H]1CCCN1C(=O)NCc1ccc(Cl)s1. The molecule has 1 aromatic heterocycles. The average Bonchev–Trinajstić information content (AvgIpc) is 2.94. The molecule has 0 radical (unpaired) electrons. The van der Waals surface area contributed by atoms with E-state index in [1.165, 1.54) is 16.2 Å². The normalized spacial score (nSPS) is 18.9. The molecule has 2 rings (SSSR count). The number of hydrogen-bond donors (Lipinski definition) is 2. The maximum Gasteiger partial charge on any atom is 0.326 e. The van der Waals surface area contributed by atoms with Gasteiger partial charge < -0.3 is 15.3 Å². The van der Waals surface area contributed by atoms with Gasteiger partial charge in [0.15, 0.2) is 0 Å². The summed E-state index contributed by atoms with van der Waals surface area (Å²) in [4.78, 5) is 25.1. The van der Waals surface area contributed by atoms with Gasteiger partial charge >= 0.3 is 12.0 Å². The highest BCUT2D eigenvalue weighted by molar-refractivity contribution is 7.16. The van der Waals surface area contributed by atoms with Crippen LogP contribution in [0, 0.1) is 0 Å². The molecule has 1 saturated heterocycles. The maximum atomic E-state index is 11.9. The number of carboxylic acid groups (broad SMARTS) is 1. The summed E-state index contributed by atoms with van der Waals surface area (Å²) < 4.78 is 0.670. The van der Waals surface area contributed by atoms with Gasteiger partial charge in [0.25, 0.3) is 0 Å². The van der Waals surface area contributed by atoms with Crippen LogP contribution in [0.2, 0.25) is 4.34 Å². The molecule has 1 fully saturated rings. The van der Waals surface area contributed by atoms with Crippen LogP contribution in [0.15, 0.2) is 12.1 Å². The molecular weight excluding hydrogens is 276 g/mol. The van der Waals surface area contributed by atoms with Crippen molar-refractivity contribution in [2.75, 3.05) is 6.54 Å². The van der Waals surface area contributed by atoms with Gasteiger partial charge in [-0.05, 0) is 25.0 Å². The maximum absolute atomic E-state index is 11.9. The fraction of sp³-hybridized carbons (Fsp3) is 0.455. The Labute approximate surface area is 113 Å². The fourth-order valence-electron chi connectivity index (χ4n) is 1.98. The topological polar surface area (TPSA) is 69.6 Å². The molecule has 7 heteroatoms. The van der Waals surface area contributed by atoms with Gasteiger partial charge in [-0.1, -0.05) is 11.6 Å². The molecule has 0 aromatic carbocycles. The molecule has 0 saturated carbocycles. The summed E-state index contributed by atoms with van der Waals surface area (Å²) in [6, 6.07) is 2.58. The number of carbonyl (C=O) groups is 2. The number of carboxylic acids is 1. The van der Waals surface area contributed by atoms with Crippen molar-refractivity contribution < 1.29 is 14.7 Å². The second-order valence-electron chi connectivity index (χ2n) is 4.05. The highest BCUT2D eigenvalue weighted by atomic mass is 35.5. The van der Waals surface area contributed by atoms with E-state index in [0.29, 0.717) is 23.8 Å². The van der Waals surface area contributed by atoms with E-state index in [4.69, 9.17) is 16.7 Å². The van der Waals surface area contributed by atoms with E-state index in [1.807, 2.05) is 6.07 Å². The third-order valence-corrected chi connectivity index (χ3v) is 4.07. The molecule has 0 aliphatic carbocycles. The number of amides is 2. The van der Waals surface area contributed by atoms with Gasteiger partial charge in [0.1, 0.15) is 6.04 Å². The summed E-state index contributed by atoms with van der Waals surface area (Å²) in [5.41, 5.74) is 0. The number of nitrogens with zero attached hydrogens (tertiary/aromatic N) is 1. The van der Waals surface area contributed by atoms with E-state index in [0.717, 1.165) is 11.3 Å². The van der Waals surface area contributed by atoms with Crippen LogP contribution in [0.4, 0.5) is 4.79 Å². The molecule has 5 nitrogen and oxygen atoms in total. The first-order chi connectivity index (χ1) is 8.58. The van der Waals surface area contributed by atoms with E-state index in [-0.39, 0.29) is 6.03 Å². The second-order valence-corrected chi connectivity index (χ2v) is 5.85. The number of likely N-dealkylation sites (tertiary alicyclic amines) is 1. The van der Waals surface area contributed by atoms with Gasteiger partial charge in [0, 0.05) is 11.4 Å². The minimum Gasteiger partial charge on any atom is -0.480 e. The van der Waals surface area contributed by atoms with Crippen molar-refractivity contribution in [2.24, 2.45) is 0 Å². The van der Waals surface area contributed by atoms with Crippen LogP contribution in [-0.2, 0) is 11.3 Å². The smallest absolute Gasteiger partial charge is 0.326 e. The third kappa shape index (κ3) is 2.94. The van der Waals surface area contributed by atoms with Crippen LogP contribution >= 0.6 is 22.9 Å². The summed E-state index contributed by atoms with van der Waals surface area (Å²) in [7, 11) is 0. The molecule has 1 aliphatic rings. The van der Waals surface area contributed by atoms with Crippen LogP contribution in [0.1, 0.15) is 17.7 Å². The summed E-state index contributed by atoms with van der Waals surface area (Å²) in [6.07, 6.45) is 1.25. The summed E-state index contributed by atoms with van der Waals surface area (Å²) in [5, 5.41) is 11.7. The molecule has 0 unspecified atom stereocenters. The third-order valence-electron chi connectivity index (χ3n) is 2.84. The number of carbonyl (C=O) groups excluding carboxylic acids is 1. The Kier molecular flexibility index (Phi) is 4.08. The molecule has 18 heavy (non-hydrogen) atoms. The monoisotopic (exact) mass is 288 g/mol. The number of hydrogen-bond acceptors (Lipinski definition) is 3. The number of nitrogens with one attached hydrogen (secondary N) is 1. The number of aliphatic carboxylic acids is 1. The summed E-state index contributed by atoms with van der Waals surface area (Å²) in [5.74, 6) is -0.943. The number of halogens is 1. The zero-order chi connectivity index (χ0) is 13.1. The van der Waals surface area contributed by atoms with E-state index < -0.39 is 12.0 Å². The Balaban J connectivity index is 1.89. The Morgan fingerprint density at radius 1 is 1.56 bits per heavy atom. The van der Waals surface area contributed by atoms with Gasteiger partial charge in [-0.15, -0.1) is 11.3 Å². The van der Waals surface area contributed by atoms with Crippen molar-refractivity contribution >= 4 is 34.9 Å². The van der Waals surface area contributed by atoms with Crippen LogP contribution in [0.5, 0.6) is 0 Å². The standard InChI is InChI=1S/C11H13ClN2O3S/c12-9-4-3-7(18-9)6-13-11(17)14-5-1-2-8(14)10(15)16/h3-4,8H,1-2,5-6H2,(H,13,17)(H,15,16)/t8-/m0/s1. The van der Waals surface area contributed by atoms with E-state index in [2.05, 4.69) is 5.32 Å². The minimum absolute atomic E-state index is 0.329. The van der Waals surface area contributed by atoms with E-state index >= 15 is 0 Å². The first-order valence-corrected chi connectivity index (χ1v) is 6.79. The van der Waals surface area contributed by atoms with Crippen molar-refractivity contribution in [3.63, 3.8) is 0 Å². The Morgan fingerprint density at radius 2 is 2.33 bits per heavy atom. The highest BCUT2D eigenvalue weighted by Gasteiger charge is 2.33. The van der Waals surface area contributed by atoms with Crippen LogP contribution < -0.4 is 5.32 Å². The van der Waals surface area contributed by atoms with Crippen molar-refractivity contribution in [3.05, 3.63) is 21.3 Å². The van der Waals surface area contributed by atoms with Crippen molar-refractivity contribution in [1.29, 1.82) is 0 Å². The molecule has 2 N–H and O–H groups in total. The van der Waals surface area contributed by atoms with Crippen molar-refractivity contribution in [1.82, 2.24) is 10.2 Å². The lowest BCUT2D eigenvalue weighted by atomic mass is 10.2. The van der Waals surface area contributed by atoms with Gasteiger partial charge in [-0.2, -0.15) is 0 Å². The molecule has 98 valence electrons. The largest absolute Gasteiger partial charge is 0.480 e. The Hall–Kier alpha value is -1.27. The second kappa shape index (κ2) is 5.58. The molecule has 2 amide bonds. The lowest BCUT2D eigenvalue weighted by molar-refractivity contribution is -0.141. The van der Waals surface area contributed by atoms with E-state index in [1.54, 1.807) is 6.07 Å². The minimum atomic E-state index is -0.943. The number of rotatable bonds is 3. The molecule has 1 atom stereocenters. The zero-order valence-electron chi connectivity index (χ0n) is 9.56. The zero-order valence-corrected chi connectivity index (χ0v) is 11.1. The lowest BCUT2D eigenvalue weighted by Crippen LogP contribution is -2.45. The molecule has 2 heterocycles. The first-order valence-electron chi connectivity index (χ1n) is 5.59. The van der Waals surface area contributed by atoms with Gasteiger partial charge in [-0.25, -0.2) is 9.59 Å². The highest BCUT2D eigenvalue weighted by Crippen LogP contribution is 2.21. The summed E-state index contributed by atoms with van der Waals surface area (Å²) in [6.45, 7) is 0.868. The molecule has 0 bridgehead atoms. The Morgan fingerprint density at radius 3 is 2.94 bits per heavy atom. The lowest BCUT2D eigenvalue weighted by Gasteiger charge is -2.21. The van der Waals surface area contributed by atoms with Crippen LogP contribution in [-0.4, -0.2) is 34.6 Å². The summed E-state index contributed by atoms with van der Waals surface area (Å²) >= 11 is 7.18. The van der Waals surface area contributed by atoms with Gasteiger partial charge in [0.2, 0.25) is 0 Å². The van der Waals surface area contributed by atoms with Crippen LogP contribution in [0.3, 0.4) is 0 Å². The van der Waals surface area contributed by atoms with Crippen molar-refractivity contribution in [2.45, 2.75) is 25.4 Å².